The first-order chi connectivity index (χ1) is 28.5. The number of aliphatic carboxylic acids is 1. The van der Waals surface area contributed by atoms with Crippen LogP contribution in [0, 0.1) is 0 Å². The maximum absolute atomic E-state index is 12.6. The molecule has 2 unspecified atom stereocenters. The number of nitrogens with two attached hydrogens (primary N) is 1. The molecule has 12 nitrogen and oxygen atoms in total. The number of rotatable bonds is 38. The van der Waals surface area contributed by atoms with Crippen molar-refractivity contribution in [2.75, 3.05) is 19.8 Å². The minimum absolute atomic E-state index is 0.0591. The maximum atomic E-state index is 12.6. The van der Waals surface area contributed by atoms with Gasteiger partial charge in [0.1, 0.15) is 12.6 Å². The SMILES string of the molecule is CC/C=C\C/C=C\CC(O)/C=C/C=C\C/C=C\CCCC(=O)OC[C@H](COP(=O)(O)OC[C@H](N)C(=O)O)OC(=O)CCC/C=C\C/C=C\C/C=C\CCCCCCCC. The fourth-order valence-electron chi connectivity index (χ4n) is 5.02. The largest absolute Gasteiger partial charge is 0.480 e. The van der Waals surface area contributed by atoms with E-state index in [-0.39, 0.29) is 12.8 Å². The molecule has 0 aromatic carbocycles. The van der Waals surface area contributed by atoms with Gasteiger partial charge < -0.3 is 30.3 Å². The summed E-state index contributed by atoms with van der Waals surface area (Å²) in [6.45, 7) is 2.46. The van der Waals surface area contributed by atoms with Crippen LogP contribution in [0.5, 0.6) is 0 Å². The van der Waals surface area contributed by atoms with Crippen LogP contribution in [-0.4, -0.2) is 71.1 Å². The Balaban J connectivity index is 4.64. The first-order valence-corrected chi connectivity index (χ1v) is 22.9. The van der Waals surface area contributed by atoms with E-state index in [4.69, 9.17) is 24.8 Å². The summed E-state index contributed by atoms with van der Waals surface area (Å²) >= 11 is 0. The van der Waals surface area contributed by atoms with Crippen molar-refractivity contribution in [2.45, 2.75) is 154 Å². The average molecular weight is 848 g/mol. The summed E-state index contributed by atoms with van der Waals surface area (Å²) in [7, 11) is -4.76. The highest BCUT2D eigenvalue weighted by molar-refractivity contribution is 7.47. The van der Waals surface area contributed by atoms with Crippen molar-refractivity contribution in [3.8, 4) is 0 Å². The van der Waals surface area contributed by atoms with Gasteiger partial charge in [-0.2, -0.15) is 0 Å². The number of aliphatic hydroxyl groups is 1. The summed E-state index contributed by atoms with van der Waals surface area (Å²) < 4.78 is 32.5. The lowest BCUT2D eigenvalue weighted by molar-refractivity contribution is -0.161. The van der Waals surface area contributed by atoms with E-state index in [1.807, 2.05) is 54.7 Å². The summed E-state index contributed by atoms with van der Waals surface area (Å²) in [4.78, 5) is 45.9. The van der Waals surface area contributed by atoms with Gasteiger partial charge in [0.15, 0.2) is 6.10 Å². The van der Waals surface area contributed by atoms with Gasteiger partial charge >= 0.3 is 25.7 Å². The molecule has 13 heteroatoms. The molecule has 0 spiro atoms. The minimum Gasteiger partial charge on any atom is -0.480 e. The van der Waals surface area contributed by atoms with E-state index in [0.717, 1.165) is 32.1 Å². The Morgan fingerprint density at radius 1 is 0.627 bits per heavy atom. The van der Waals surface area contributed by atoms with Crippen LogP contribution in [0.4, 0.5) is 0 Å². The minimum atomic E-state index is -4.76. The van der Waals surface area contributed by atoms with Gasteiger partial charge in [0.05, 0.1) is 19.3 Å². The highest BCUT2D eigenvalue weighted by Gasteiger charge is 2.28. The number of carboxylic acids is 1. The first-order valence-electron chi connectivity index (χ1n) is 21.4. The Morgan fingerprint density at radius 2 is 1.15 bits per heavy atom. The molecule has 0 saturated carbocycles. The number of carbonyl (C=O) groups is 3. The lowest BCUT2D eigenvalue weighted by Gasteiger charge is -2.20. The highest BCUT2D eigenvalue weighted by Crippen LogP contribution is 2.43. The molecule has 0 rings (SSSR count). The van der Waals surface area contributed by atoms with Crippen molar-refractivity contribution < 1.29 is 52.6 Å². The van der Waals surface area contributed by atoms with Crippen LogP contribution >= 0.6 is 7.82 Å². The number of aliphatic hydroxyl groups excluding tert-OH is 1. The lowest BCUT2D eigenvalue weighted by Crippen LogP contribution is -2.34. The second kappa shape index (κ2) is 39.8. The molecule has 0 heterocycles. The third-order valence-electron chi connectivity index (χ3n) is 8.40. The number of carbonyl (C=O) groups excluding carboxylic acids is 2. The zero-order valence-electron chi connectivity index (χ0n) is 35.7. The van der Waals surface area contributed by atoms with E-state index in [1.54, 1.807) is 6.08 Å². The molecular weight excluding hydrogens is 773 g/mol. The second-order valence-corrected chi connectivity index (χ2v) is 15.4. The Bertz CT molecular complexity index is 1380. The van der Waals surface area contributed by atoms with Gasteiger partial charge in [-0.25, -0.2) is 4.57 Å². The number of unbranched alkanes of at least 4 members (excludes halogenated alkanes) is 8. The molecule has 0 aliphatic carbocycles. The van der Waals surface area contributed by atoms with E-state index in [9.17, 15) is 28.9 Å². The molecule has 4 atom stereocenters. The van der Waals surface area contributed by atoms with Gasteiger partial charge in [-0.15, -0.1) is 0 Å². The molecule has 0 amide bonds. The van der Waals surface area contributed by atoms with Crippen LogP contribution < -0.4 is 5.73 Å². The van der Waals surface area contributed by atoms with Crippen LogP contribution in [0.25, 0.3) is 0 Å². The Labute approximate surface area is 354 Å². The zero-order valence-corrected chi connectivity index (χ0v) is 36.6. The second-order valence-electron chi connectivity index (χ2n) is 13.9. The number of carboxylic acid groups (broad SMARTS) is 1. The normalized spacial score (nSPS) is 15.2. The van der Waals surface area contributed by atoms with Crippen molar-refractivity contribution in [3.63, 3.8) is 0 Å². The number of ether oxygens (including phenoxy) is 2. The molecule has 0 aliphatic rings. The van der Waals surface area contributed by atoms with Gasteiger partial charge in [-0.3, -0.25) is 23.4 Å². The van der Waals surface area contributed by atoms with E-state index < -0.39 is 63.8 Å². The number of allylic oxidation sites excluding steroid dienone is 14. The predicted octanol–water partition coefficient (Wildman–Crippen LogP) is 10.2. The molecule has 334 valence electrons. The smallest absolute Gasteiger partial charge is 0.472 e. The molecule has 0 saturated heterocycles. The van der Waals surface area contributed by atoms with Crippen LogP contribution in [0.3, 0.4) is 0 Å². The van der Waals surface area contributed by atoms with Crippen LogP contribution in [0.2, 0.25) is 0 Å². The topological polar surface area (TPSA) is 192 Å². The van der Waals surface area contributed by atoms with Crippen LogP contribution in [-0.2, 0) is 37.5 Å². The molecule has 0 aromatic heterocycles. The van der Waals surface area contributed by atoms with E-state index in [1.165, 1.54) is 38.5 Å². The summed E-state index contributed by atoms with van der Waals surface area (Å²) in [5.41, 5.74) is 5.32. The quantitative estimate of drug-likeness (QED) is 0.0151. The first kappa shape index (κ1) is 55.4. The molecule has 0 fully saturated rings. The third-order valence-corrected chi connectivity index (χ3v) is 9.35. The molecule has 0 bridgehead atoms. The lowest BCUT2D eigenvalue weighted by atomic mass is 10.1. The number of esters is 2. The van der Waals surface area contributed by atoms with Crippen molar-refractivity contribution in [1.29, 1.82) is 0 Å². The predicted molar refractivity (Wildman–Crippen MR) is 236 cm³/mol. The summed E-state index contributed by atoms with van der Waals surface area (Å²) in [6.07, 6.45) is 46.6. The van der Waals surface area contributed by atoms with Crippen molar-refractivity contribution >= 4 is 25.7 Å². The number of phosphoric acid groups is 1. The van der Waals surface area contributed by atoms with Gasteiger partial charge in [0.2, 0.25) is 0 Å². The number of hydrogen-bond donors (Lipinski definition) is 4. The van der Waals surface area contributed by atoms with Crippen LogP contribution in [0.15, 0.2) is 97.2 Å². The Morgan fingerprint density at radius 3 is 1.78 bits per heavy atom. The van der Waals surface area contributed by atoms with Gasteiger partial charge in [0, 0.05) is 12.8 Å². The van der Waals surface area contributed by atoms with E-state index >= 15 is 0 Å². The van der Waals surface area contributed by atoms with Gasteiger partial charge in [0.25, 0.3) is 0 Å². The average Bonchev–Trinajstić information content (AvgIpc) is 3.21. The van der Waals surface area contributed by atoms with E-state index in [2.05, 4.69) is 54.8 Å². The van der Waals surface area contributed by atoms with Crippen molar-refractivity contribution in [3.05, 3.63) is 97.2 Å². The monoisotopic (exact) mass is 847 g/mol. The molecule has 0 radical (unpaired) electrons. The number of phosphoric ester groups is 1. The Kier molecular flexibility index (Phi) is 37.3. The maximum Gasteiger partial charge on any atom is 0.472 e. The molecule has 0 aromatic rings. The van der Waals surface area contributed by atoms with Crippen LogP contribution in [0.1, 0.15) is 136 Å². The summed E-state index contributed by atoms with van der Waals surface area (Å²) in [5, 5.41) is 18.9. The van der Waals surface area contributed by atoms with Crippen molar-refractivity contribution in [2.24, 2.45) is 5.73 Å². The molecular formula is C46H74NO11P. The molecule has 5 N–H and O–H groups in total. The van der Waals surface area contributed by atoms with Gasteiger partial charge in [-0.05, 0) is 77.0 Å². The van der Waals surface area contributed by atoms with E-state index in [0.29, 0.717) is 38.5 Å². The fourth-order valence-corrected chi connectivity index (χ4v) is 5.80. The molecule has 59 heavy (non-hydrogen) atoms. The Hall–Kier alpha value is -3.64. The van der Waals surface area contributed by atoms with Crippen molar-refractivity contribution in [1.82, 2.24) is 0 Å². The molecule has 0 aliphatic heterocycles. The van der Waals surface area contributed by atoms with Gasteiger partial charge in [-0.1, -0.05) is 143 Å². The summed E-state index contributed by atoms with van der Waals surface area (Å²) in [5.74, 6) is -2.58. The fraction of sp³-hybridized carbons (Fsp3) is 0.587. The number of hydrogen-bond acceptors (Lipinski definition) is 10. The highest BCUT2D eigenvalue weighted by atomic mass is 31.2. The standard InChI is InChI=1S/C46H74NO11P/c1-3-5-7-9-11-12-13-14-15-16-17-18-19-20-25-29-33-37-45(50)58-42(39-56-59(53,54)57-40-43(47)46(51)52)38-55-44(49)36-32-28-24-22-21-23-27-31-35-41(48)34-30-26-10-8-6-4-2/h6,8,14-15,17-18,20,22-27,30-31,35,41-43,48H,3-5,7,9-13,16,19,21,28-29,32-34,36-40,47H2,1-2H3,(H,51,52)(H,53,54)/b8-6-,15-14-,18-17-,24-22-,25-20-,27-23-,30-26-,35-31+/t41?,42-,43+/m1/s1. The zero-order chi connectivity index (χ0) is 43.7. The third kappa shape index (κ3) is 39.6. The summed E-state index contributed by atoms with van der Waals surface area (Å²) in [6, 6.07) is -1.55.